The van der Waals surface area contributed by atoms with Gasteiger partial charge in [-0.1, -0.05) is 15.9 Å². The maximum Gasteiger partial charge on any atom is 0.203 e. The molecule has 0 aromatic heterocycles. The zero-order valence-corrected chi connectivity index (χ0v) is 16.4. The Bertz CT molecular complexity index is 749. The van der Waals surface area contributed by atoms with Crippen LogP contribution in [0.4, 0.5) is 10.1 Å². The zero-order valence-electron chi connectivity index (χ0n) is 14.0. The second kappa shape index (κ2) is 8.87. The Morgan fingerprint density at radius 1 is 1.08 bits per heavy atom. The van der Waals surface area contributed by atoms with Crippen molar-refractivity contribution in [1.82, 2.24) is 5.32 Å². The lowest BCUT2D eigenvalue weighted by atomic mass is 10.2. The summed E-state index contributed by atoms with van der Waals surface area (Å²) in [5.74, 6) is 1.23. The fourth-order valence-electron chi connectivity index (χ4n) is 2.18. The first-order valence-electron chi connectivity index (χ1n) is 7.27. The number of hydrogen-bond acceptors (Lipinski definition) is 4. The molecule has 0 fully saturated rings. The van der Waals surface area contributed by atoms with Gasteiger partial charge in [0.1, 0.15) is 5.82 Å². The molecule has 0 spiro atoms. The number of hydrogen-bond donors (Lipinski definition) is 2. The van der Waals surface area contributed by atoms with E-state index in [9.17, 15) is 4.39 Å². The third-order valence-corrected chi connectivity index (χ3v) is 4.10. The van der Waals surface area contributed by atoms with Crippen molar-refractivity contribution in [3.8, 4) is 17.2 Å². The van der Waals surface area contributed by atoms with Gasteiger partial charge in [0, 0.05) is 11.0 Å². The standard InChI is InChI=1S/C17H18BrFN2O3S/c1-22-14-6-10(7-15(23-2)16(14)24-3)9-20-17(25)21-13-5-4-11(18)8-12(13)19/h4-8H,9H2,1-3H3,(H2,20,21,25). The predicted molar refractivity (Wildman–Crippen MR) is 103 cm³/mol. The minimum absolute atomic E-state index is 0.297. The first-order chi connectivity index (χ1) is 12.0. The van der Waals surface area contributed by atoms with Gasteiger partial charge < -0.3 is 24.8 Å². The smallest absolute Gasteiger partial charge is 0.203 e. The van der Waals surface area contributed by atoms with Crippen molar-refractivity contribution < 1.29 is 18.6 Å². The summed E-state index contributed by atoms with van der Waals surface area (Å²) in [7, 11) is 4.65. The highest BCUT2D eigenvalue weighted by molar-refractivity contribution is 9.10. The van der Waals surface area contributed by atoms with Crippen molar-refractivity contribution in [3.05, 3.63) is 46.2 Å². The third-order valence-electron chi connectivity index (χ3n) is 3.36. The van der Waals surface area contributed by atoms with Crippen LogP contribution in [0.25, 0.3) is 0 Å². The molecule has 0 radical (unpaired) electrons. The van der Waals surface area contributed by atoms with Crippen LogP contribution >= 0.6 is 28.1 Å². The molecule has 0 saturated carbocycles. The van der Waals surface area contributed by atoms with E-state index in [-0.39, 0.29) is 0 Å². The van der Waals surface area contributed by atoms with Crippen LogP contribution in [0.15, 0.2) is 34.8 Å². The summed E-state index contributed by atoms with van der Waals surface area (Å²) in [6.07, 6.45) is 0. The van der Waals surface area contributed by atoms with Gasteiger partial charge in [-0.25, -0.2) is 4.39 Å². The van der Waals surface area contributed by atoms with E-state index in [1.165, 1.54) is 6.07 Å². The van der Waals surface area contributed by atoms with E-state index in [0.29, 0.717) is 39.1 Å². The van der Waals surface area contributed by atoms with E-state index in [1.54, 1.807) is 33.5 Å². The van der Waals surface area contributed by atoms with Crippen LogP contribution < -0.4 is 24.8 Å². The van der Waals surface area contributed by atoms with Gasteiger partial charge in [-0.2, -0.15) is 0 Å². The summed E-state index contributed by atoms with van der Waals surface area (Å²) in [6, 6.07) is 8.33. The fraction of sp³-hybridized carbons (Fsp3) is 0.235. The van der Waals surface area contributed by atoms with Crippen molar-refractivity contribution in [1.29, 1.82) is 0 Å². The molecule has 2 N–H and O–H groups in total. The van der Waals surface area contributed by atoms with E-state index >= 15 is 0 Å². The first kappa shape index (κ1) is 19.3. The van der Waals surface area contributed by atoms with Gasteiger partial charge in [0.05, 0.1) is 27.0 Å². The molecule has 0 amide bonds. The molecule has 134 valence electrons. The van der Waals surface area contributed by atoms with E-state index in [1.807, 2.05) is 12.1 Å². The van der Waals surface area contributed by atoms with Crippen LogP contribution in [0.3, 0.4) is 0 Å². The molecule has 0 bridgehead atoms. The molecule has 2 aromatic rings. The van der Waals surface area contributed by atoms with Crippen molar-refractivity contribution in [3.63, 3.8) is 0 Å². The van der Waals surface area contributed by atoms with Crippen molar-refractivity contribution in [2.45, 2.75) is 6.54 Å². The maximum atomic E-state index is 13.8. The molecule has 0 unspecified atom stereocenters. The van der Waals surface area contributed by atoms with E-state index in [2.05, 4.69) is 26.6 Å². The van der Waals surface area contributed by atoms with Gasteiger partial charge in [-0.15, -0.1) is 0 Å². The molecule has 0 aliphatic rings. The monoisotopic (exact) mass is 428 g/mol. The zero-order chi connectivity index (χ0) is 18.4. The van der Waals surface area contributed by atoms with Crippen LogP contribution in [-0.4, -0.2) is 26.4 Å². The fourth-order valence-corrected chi connectivity index (χ4v) is 2.69. The number of rotatable bonds is 6. The molecular weight excluding hydrogens is 411 g/mol. The Morgan fingerprint density at radius 3 is 2.24 bits per heavy atom. The lowest BCUT2D eigenvalue weighted by molar-refractivity contribution is 0.323. The largest absolute Gasteiger partial charge is 0.493 e. The van der Waals surface area contributed by atoms with E-state index < -0.39 is 5.82 Å². The summed E-state index contributed by atoms with van der Waals surface area (Å²) in [4.78, 5) is 0. The summed E-state index contributed by atoms with van der Waals surface area (Å²) >= 11 is 8.42. The summed E-state index contributed by atoms with van der Waals surface area (Å²) in [5, 5.41) is 6.15. The number of halogens is 2. The molecule has 2 rings (SSSR count). The Kier molecular flexibility index (Phi) is 6.83. The number of nitrogens with one attached hydrogen (secondary N) is 2. The summed E-state index contributed by atoms with van der Waals surface area (Å²) in [5.41, 5.74) is 1.17. The van der Waals surface area contributed by atoms with Gasteiger partial charge in [0.25, 0.3) is 0 Å². The molecule has 5 nitrogen and oxygen atoms in total. The number of ether oxygens (including phenoxy) is 3. The number of anilines is 1. The number of benzene rings is 2. The Balaban J connectivity index is 2.06. The number of methoxy groups -OCH3 is 3. The van der Waals surface area contributed by atoms with E-state index in [0.717, 1.165) is 5.56 Å². The molecule has 8 heteroatoms. The van der Waals surface area contributed by atoms with Crippen LogP contribution in [0.5, 0.6) is 17.2 Å². The summed E-state index contributed by atoms with van der Waals surface area (Å²) in [6.45, 7) is 0.403. The average Bonchev–Trinajstić information content (AvgIpc) is 2.61. The topological polar surface area (TPSA) is 51.8 Å². The molecule has 0 heterocycles. The SMILES string of the molecule is COc1cc(CNC(=S)Nc2ccc(Br)cc2F)cc(OC)c1OC. The lowest BCUT2D eigenvalue weighted by Gasteiger charge is -2.15. The maximum absolute atomic E-state index is 13.8. The molecule has 0 aliphatic heterocycles. The molecule has 0 saturated heterocycles. The lowest BCUT2D eigenvalue weighted by Crippen LogP contribution is -2.28. The second-order valence-electron chi connectivity index (χ2n) is 4.97. The van der Waals surface area contributed by atoms with Gasteiger partial charge in [0.15, 0.2) is 16.6 Å². The van der Waals surface area contributed by atoms with Gasteiger partial charge in [0.2, 0.25) is 5.75 Å². The predicted octanol–water partition coefficient (Wildman–Crippen LogP) is 4.10. The van der Waals surface area contributed by atoms with Gasteiger partial charge in [-0.3, -0.25) is 0 Å². The minimum atomic E-state index is -0.397. The minimum Gasteiger partial charge on any atom is -0.493 e. The third kappa shape index (κ3) is 4.96. The summed E-state index contributed by atoms with van der Waals surface area (Å²) < 4.78 is 30.4. The van der Waals surface area contributed by atoms with E-state index in [4.69, 9.17) is 26.4 Å². The van der Waals surface area contributed by atoms with Crippen molar-refractivity contribution in [2.75, 3.05) is 26.6 Å². The van der Waals surface area contributed by atoms with Crippen LogP contribution in [-0.2, 0) is 6.54 Å². The van der Waals surface area contributed by atoms with Gasteiger partial charge >= 0.3 is 0 Å². The first-order valence-corrected chi connectivity index (χ1v) is 8.47. The highest BCUT2D eigenvalue weighted by atomic mass is 79.9. The van der Waals surface area contributed by atoms with Crippen LogP contribution in [0.1, 0.15) is 5.56 Å². The highest BCUT2D eigenvalue weighted by Crippen LogP contribution is 2.38. The molecule has 25 heavy (non-hydrogen) atoms. The molecule has 2 aromatic carbocycles. The average molecular weight is 429 g/mol. The van der Waals surface area contributed by atoms with Crippen LogP contribution in [0.2, 0.25) is 0 Å². The van der Waals surface area contributed by atoms with Crippen LogP contribution in [0, 0.1) is 5.82 Å². The Labute approximate surface area is 159 Å². The molecule has 0 atom stereocenters. The Hall–Kier alpha value is -2.06. The number of thiocarbonyl (C=S) groups is 1. The molecule has 0 aliphatic carbocycles. The Morgan fingerprint density at radius 2 is 1.72 bits per heavy atom. The van der Waals surface area contributed by atoms with Crippen molar-refractivity contribution in [2.24, 2.45) is 0 Å². The second-order valence-corrected chi connectivity index (χ2v) is 6.29. The quantitative estimate of drug-likeness (QED) is 0.675. The molecular formula is C17H18BrFN2O3S. The van der Waals surface area contributed by atoms with Gasteiger partial charge in [-0.05, 0) is 48.1 Å². The van der Waals surface area contributed by atoms with Crippen molar-refractivity contribution >= 4 is 38.9 Å². The highest BCUT2D eigenvalue weighted by Gasteiger charge is 2.13. The normalized spacial score (nSPS) is 10.1.